The van der Waals surface area contributed by atoms with Crippen LogP contribution in [0.1, 0.15) is 39.5 Å². The number of ether oxygens (including phenoxy) is 1. The molecule has 6 nitrogen and oxygen atoms in total. The fourth-order valence-corrected chi connectivity index (χ4v) is 2.70. The minimum Gasteiger partial charge on any atom is -0.494 e. The topological polar surface area (TPSA) is 70.7 Å². The van der Waals surface area contributed by atoms with Crippen LogP contribution < -0.4 is 15.4 Å². The summed E-state index contributed by atoms with van der Waals surface area (Å²) in [4.78, 5) is 25.7. The SMILES string of the molecule is CCCOc1cccc(NC(=O)N2CCC[C@@H](NC(=O)CC)C2)c1. The minimum atomic E-state index is -0.141. The fourth-order valence-electron chi connectivity index (χ4n) is 2.70. The standard InChI is InChI=1S/C18H27N3O3/c1-3-11-24-16-9-5-7-14(12-16)20-18(23)21-10-6-8-15(13-21)19-17(22)4-2/h5,7,9,12,15H,3-4,6,8,10-11,13H2,1-2H3,(H,19,22)(H,20,23)/t15-/m1/s1. The Labute approximate surface area is 143 Å². The zero-order valence-corrected chi connectivity index (χ0v) is 14.5. The highest BCUT2D eigenvalue weighted by molar-refractivity contribution is 5.89. The molecule has 0 radical (unpaired) electrons. The summed E-state index contributed by atoms with van der Waals surface area (Å²) < 4.78 is 5.58. The average Bonchev–Trinajstić information content (AvgIpc) is 2.60. The van der Waals surface area contributed by atoms with E-state index in [1.807, 2.05) is 31.2 Å². The van der Waals surface area contributed by atoms with Gasteiger partial charge in [-0.15, -0.1) is 0 Å². The van der Waals surface area contributed by atoms with E-state index in [2.05, 4.69) is 17.6 Å². The minimum absolute atomic E-state index is 0.0306. The Morgan fingerprint density at radius 2 is 2.17 bits per heavy atom. The highest BCUT2D eigenvalue weighted by Crippen LogP contribution is 2.19. The van der Waals surface area contributed by atoms with E-state index < -0.39 is 0 Å². The number of piperidine rings is 1. The van der Waals surface area contributed by atoms with Crippen LogP contribution in [-0.4, -0.2) is 42.6 Å². The molecule has 1 aromatic carbocycles. The molecule has 0 saturated carbocycles. The number of amides is 3. The molecule has 0 spiro atoms. The van der Waals surface area contributed by atoms with Crippen molar-refractivity contribution in [2.45, 2.75) is 45.6 Å². The van der Waals surface area contributed by atoms with Gasteiger partial charge in [0.25, 0.3) is 0 Å². The summed E-state index contributed by atoms with van der Waals surface area (Å²) >= 11 is 0. The van der Waals surface area contributed by atoms with Crippen LogP contribution in [0.3, 0.4) is 0 Å². The molecule has 1 aliphatic rings. The van der Waals surface area contributed by atoms with Crippen molar-refractivity contribution < 1.29 is 14.3 Å². The third-order valence-electron chi connectivity index (χ3n) is 3.95. The number of benzene rings is 1. The molecule has 2 N–H and O–H groups in total. The molecule has 1 saturated heterocycles. The van der Waals surface area contributed by atoms with E-state index in [1.54, 1.807) is 4.90 Å². The van der Waals surface area contributed by atoms with Crippen LogP contribution in [0, 0.1) is 0 Å². The number of nitrogens with zero attached hydrogens (tertiary/aromatic N) is 1. The van der Waals surface area contributed by atoms with Crippen molar-refractivity contribution in [2.24, 2.45) is 0 Å². The number of carbonyl (C=O) groups is 2. The number of hydrogen-bond donors (Lipinski definition) is 2. The second-order valence-corrected chi connectivity index (χ2v) is 6.01. The van der Waals surface area contributed by atoms with Crippen LogP contribution in [0.15, 0.2) is 24.3 Å². The number of likely N-dealkylation sites (tertiary alicyclic amines) is 1. The zero-order valence-electron chi connectivity index (χ0n) is 14.5. The van der Waals surface area contributed by atoms with E-state index in [0.717, 1.165) is 25.0 Å². The summed E-state index contributed by atoms with van der Waals surface area (Å²) in [6, 6.07) is 7.31. The van der Waals surface area contributed by atoms with Crippen molar-refractivity contribution in [3.05, 3.63) is 24.3 Å². The molecule has 24 heavy (non-hydrogen) atoms. The molecular weight excluding hydrogens is 306 g/mol. The van der Waals surface area contributed by atoms with Gasteiger partial charge in [-0.05, 0) is 31.4 Å². The largest absolute Gasteiger partial charge is 0.494 e. The van der Waals surface area contributed by atoms with Crippen LogP contribution in [-0.2, 0) is 4.79 Å². The van der Waals surface area contributed by atoms with Gasteiger partial charge < -0.3 is 20.3 Å². The molecule has 1 aliphatic heterocycles. The van der Waals surface area contributed by atoms with Gasteiger partial charge in [0.1, 0.15) is 5.75 Å². The maximum atomic E-state index is 12.5. The Morgan fingerprint density at radius 3 is 2.92 bits per heavy atom. The Bertz CT molecular complexity index is 562. The van der Waals surface area contributed by atoms with Crippen molar-refractivity contribution in [3.8, 4) is 5.75 Å². The van der Waals surface area contributed by atoms with E-state index in [4.69, 9.17) is 4.74 Å². The summed E-state index contributed by atoms with van der Waals surface area (Å²) in [6.07, 6.45) is 3.21. The molecule has 0 unspecified atom stereocenters. The van der Waals surface area contributed by atoms with Crippen LogP contribution in [0.5, 0.6) is 5.75 Å². The number of urea groups is 1. The first-order chi connectivity index (χ1) is 11.6. The quantitative estimate of drug-likeness (QED) is 0.841. The molecule has 1 atom stereocenters. The van der Waals surface area contributed by atoms with Crippen LogP contribution >= 0.6 is 0 Å². The normalized spacial score (nSPS) is 17.2. The lowest BCUT2D eigenvalue weighted by Gasteiger charge is -2.33. The third-order valence-corrected chi connectivity index (χ3v) is 3.95. The molecule has 3 amide bonds. The van der Waals surface area contributed by atoms with E-state index in [0.29, 0.717) is 31.8 Å². The number of nitrogens with one attached hydrogen (secondary N) is 2. The van der Waals surface area contributed by atoms with Gasteiger partial charge >= 0.3 is 6.03 Å². The maximum absolute atomic E-state index is 12.5. The predicted octanol–water partition coefficient (Wildman–Crippen LogP) is 3.00. The molecule has 1 fully saturated rings. The smallest absolute Gasteiger partial charge is 0.321 e. The number of rotatable bonds is 6. The van der Waals surface area contributed by atoms with Crippen LogP contribution in [0.2, 0.25) is 0 Å². The Kier molecular flexibility index (Phi) is 6.90. The molecule has 0 aromatic heterocycles. The molecule has 0 aliphatic carbocycles. The fraction of sp³-hybridized carbons (Fsp3) is 0.556. The first kappa shape index (κ1) is 18.1. The van der Waals surface area contributed by atoms with E-state index in [9.17, 15) is 9.59 Å². The molecular formula is C18H27N3O3. The van der Waals surface area contributed by atoms with Crippen molar-refractivity contribution in [1.82, 2.24) is 10.2 Å². The van der Waals surface area contributed by atoms with Crippen molar-refractivity contribution >= 4 is 17.6 Å². The molecule has 2 rings (SSSR count). The summed E-state index contributed by atoms with van der Waals surface area (Å²) in [6.45, 7) is 5.79. The molecule has 0 bridgehead atoms. The van der Waals surface area contributed by atoms with Gasteiger partial charge in [-0.3, -0.25) is 4.79 Å². The summed E-state index contributed by atoms with van der Waals surface area (Å²) in [5.41, 5.74) is 0.716. The van der Waals surface area contributed by atoms with Crippen molar-refractivity contribution in [2.75, 3.05) is 25.0 Å². The lowest BCUT2D eigenvalue weighted by molar-refractivity contribution is -0.121. The van der Waals surface area contributed by atoms with Gasteiger partial charge in [0.15, 0.2) is 0 Å². The van der Waals surface area contributed by atoms with E-state index in [1.165, 1.54) is 0 Å². The molecule has 6 heteroatoms. The third kappa shape index (κ3) is 5.44. The molecule has 1 aromatic rings. The molecule has 1 heterocycles. The average molecular weight is 333 g/mol. The predicted molar refractivity (Wildman–Crippen MR) is 94.3 cm³/mol. The monoisotopic (exact) mass is 333 g/mol. The Morgan fingerprint density at radius 1 is 1.33 bits per heavy atom. The number of anilines is 1. The second kappa shape index (κ2) is 9.15. The van der Waals surface area contributed by atoms with E-state index >= 15 is 0 Å². The lowest BCUT2D eigenvalue weighted by atomic mass is 10.1. The Hall–Kier alpha value is -2.24. The van der Waals surface area contributed by atoms with Gasteiger partial charge in [-0.25, -0.2) is 4.79 Å². The van der Waals surface area contributed by atoms with Crippen molar-refractivity contribution in [3.63, 3.8) is 0 Å². The van der Waals surface area contributed by atoms with Gasteiger partial charge in [-0.2, -0.15) is 0 Å². The molecule has 132 valence electrons. The Balaban J connectivity index is 1.90. The van der Waals surface area contributed by atoms with Gasteiger partial charge in [0.2, 0.25) is 5.91 Å². The first-order valence-electron chi connectivity index (χ1n) is 8.70. The van der Waals surface area contributed by atoms with Crippen LogP contribution in [0.4, 0.5) is 10.5 Å². The highest BCUT2D eigenvalue weighted by Gasteiger charge is 2.24. The lowest BCUT2D eigenvalue weighted by Crippen LogP contribution is -2.50. The number of hydrogen-bond acceptors (Lipinski definition) is 3. The summed E-state index contributed by atoms with van der Waals surface area (Å²) in [7, 11) is 0. The highest BCUT2D eigenvalue weighted by atomic mass is 16.5. The van der Waals surface area contributed by atoms with E-state index in [-0.39, 0.29) is 18.0 Å². The first-order valence-corrected chi connectivity index (χ1v) is 8.70. The maximum Gasteiger partial charge on any atom is 0.321 e. The van der Waals surface area contributed by atoms with Gasteiger partial charge in [-0.1, -0.05) is 19.9 Å². The van der Waals surface area contributed by atoms with Gasteiger partial charge in [0.05, 0.1) is 6.61 Å². The second-order valence-electron chi connectivity index (χ2n) is 6.01. The van der Waals surface area contributed by atoms with Crippen LogP contribution in [0.25, 0.3) is 0 Å². The number of carbonyl (C=O) groups excluding carboxylic acids is 2. The van der Waals surface area contributed by atoms with Crippen molar-refractivity contribution in [1.29, 1.82) is 0 Å². The summed E-state index contributed by atoms with van der Waals surface area (Å²) in [5.74, 6) is 0.782. The summed E-state index contributed by atoms with van der Waals surface area (Å²) in [5, 5.41) is 5.88. The van der Waals surface area contributed by atoms with Gasteiger partial charge in [0, 0.05) is 37.3 Å². The zero-order chi connectivity index (χ0) is 17.4.